The molecule has 0 N–H and O–H groups in total. The predicted molar refractivity (Wildman–Crippen MR) is 292 cm³/mol. The molecule has 1 spiro atoms. The normalized spacial score (nSPS) is 24.6. The van der Waals surface area contributed by atoms with E-state index in [1.807, 2.05) is 0 Å². The molecule has 4 aliphatic carbocycles. The summed E-state index contributed by atoms with van der Waals surface area (Å²) >= 11 is 0. The predicted octanol–water partition coefficient (Wildman–Crippen LogP) is 16.9. The second-order valence-electron chi connectivity index (χ2n) is 22.5. The molecule has 4 unspecified atom stereocenters. The Morgan fingerprint density at radius 2 is 0.732 bits per heavy atom. The van der Waals surface area contributed by atoms with Crippen LogP contribution in [0.5, 0.6) is 11.5 Å². The third-order valence-corrected chi connectivity index (χ3v) is 19.6. The molecule has 0 bridgehead atoms. The van der Waals surface area contributed by atoms with E-state index in [1.54, 1.807) is 14.2 Å². The van der Waals surface area contributed by atoms with Crippen LogP contribution in [0.25, 0.3) is 44.5 Å². The van der Waals surface area contributed by atoms with Crippen molar-refractivity contribution in [1.82, 2.24) is 0 Å². The molecular formula is C67H62N2O2. The fourth-order valence-electron chi connectivity index (χ4n) is 15.6. The summed E-state index contributed by atoms with van der Waals surface area (Å²) in [5, 5.41) is 0. The molecule has 0 radical (unpaired) electrons. The van der Waals surface area contributed by atoms with Gasteiger partial charge in [-0.15, -0.1) is 0 Å². The first kappa shape index (κ1) is 42.8. The zero-order valence-corrected chi connectivity index (χ0v) is 42.0. The zero-order chi connectivity index (χ0) is 48.1. The molecule has 0 saturated heterocycles. The Labute approximate surface area is 419 Å². The lowest BCUT2D eigenvalue weighted by atomic mass is 9.61. The van der Waals surface area contributed by atoms with Gasteiger partial charge in [0.05, 0.1) is 30.7 Å². The number of nitrogens with zero attached hydrogens (tertiary/aromatic N) is 2. The fraction of sp³-hybridized carbons (Fsp3) is 0.284. The van der Waals surface area contributed by atoms with Crippen LogP contribution in [0.3, 0.4) is 0 Å². The van der Waals surface area contributed by atoms with Crippen molar-refractivity contribution in [2.45, 2.75) is 106 Å². The van der Waals surface area contributed by atoms with E-state index in [2.05, 4.69) is 207 Å². The molecule has 71 heavy (non-hydrogen) atoms. The summed E-state index contributed by atoms with van der Waals surface area (Å²) < 4.78 is 11.6. The van der Waals surface area contributed by atoms with Gasteiger partial charge in [-0.2, -0.15) is 0 Å². The quantitative estimate of drug-likeness (QED) is 0.166. The third kappa shape index (κ3) is 5.46. The van der Waals surface area contributed by atoms with Gasteiger partial charge in [0.25, 0.3) is 0 Å². The fourth-order valence-corrected chi connectivity index (χ4v) is 15.6. The van der Waals surface area contributed by atoms with Gasteiger partial charge in [-0.25, -0.2) is 0 Å². The highest BCUT2D eigenvalue weighted by Crippen LogP contribution is 2.66. The summed E-state index contributed by atoms with van der Waals surface area (Å²) in [6.45, 7) is 10.1. The highest BCUT2D eigenvalue weighted by molar-refractivity contribution is 5.97. The molecule has 0 amide bonds. The lowest BCUT2D eigenvalue weighted by molar-refractivity contribution is 0.195. The van der Waals surface area contributed by atoms with Crippen molar-refractivity contribution < 1.29 is 9.47 Å². The van der Waals surface area contributed by atoms with Crippen LogP contribution in [-0.4, -0.2) is 25.3 Å². The maximum atomic E-state index is 5.78. The summed E-state index contributed by atoms with van der Waals surface area (Å²) in [6.07, 6.45) is 9.60. The van der Waals surface area contributed by atoms with Gasteiger partial charge in [0, 0.05) is 45.7 Å². The van der Waals surface area contributed by atoms with Crippen LogP contribution in [0.2, 0.25) is 0 Å². The number of ether oxygens (including phenoxy) is 2. The van der Waals surface area contributed by atoms with Crippen LogP contribution < -0.4 is 19.3 Å². The van der Waals surface area contributed by atoms with Crippen molar-refractivity contribution in [3.8, 4) is 56.0 Å². The Bertz CT molecular complexity index is 3300. The van der Waals surface area contributed by atoms with Crippen molar-refractivity contribution in [3.63, 3.8) is 0 Å². The van der Waals surface area contributed by atoms with Gasteiger partial charge in [0.2, 0.25) is 0 Å². The first-order valence-electron chi connectivity index (χ1n) is 26.2. The first-order chi connectivity index (χ1) is 34.6. The van der Waals surface area contributed by atoms with E-state index >= 15 is 0 Å². The maximum absolute atomic E-state index is 5.78. The topological polar surface area (TPSA) is 24.9 Å². The lowest BCUT2D eigenvalue weighted by Gasteiger charge is -2.50. The van der Waals surface area contributed by atoms with Gasteiger partial charge in [0.15, 0.2) is 0 Å². The summed E-state index contributed by atoms with van der Waals surface area (Å²) in [5.41, 5.74) is 23.3. The Morgan fingerprint density at radius 3 is 1.17 bits per heavy atom. The Hall–Kier alpha value is -7.04. The van der Waals surface area contributed by atoms with Crippen molar-refractivity contribution in [2.75, 3.05) is 24.0 Å². The average molecular weight is 927 g/mol. The number of methoxy groups -OCH3 is 2. The monoisotopic (exact) mass is 926 g/mol. The van der Waals surface area contributed by atoms with Crippen LogP contribution >= 0.6 is 0 Å². The Balaban J connectivity index is 0.934. The van der Waals surface area contributed by atoms with Crippen LogP contribution in [0.4, 0.5) is 22.7 Å². The molecule has 8 aromatic rings. The van der Waals surface area contributed by atoms with E-state index in [1.165, 1.54) is 139 Å². The number of hydrogen-bond donors (Lipinski definition) is 0. The molecule has 2 saturated carbocycles. The van der Waals surface area contributed by atoms with Gasteiger partial charge < -0.3 is 19.3 Å². The molecule has 2 heterocycles. The molecular weight excluding hydrogens is 865 g/mol. The largest absolute Gasteiger partial charge is 0.497 e. The molecule has 4 atom stereocenters. The summed E-state index contributed by atoms with van der Waals surface area (Å²) in [6, 6.07) is 65.4. The van der Waals surface area contributed by atoms with Gasteiger partial charge in [-0.05, 0) is 178 Å². The zero-order valence-electron chi connectivity index (χ0n) is 42.0. The number of anilines is 4. The van der Waals surface area contributed by atoms with E-state index in [0.717, 1.165) is 24.3 Å². The first-order valence-corrected chi connectivity index (χ1v) is 26.2. The third-order valence-electron chi connectivity index (χ3n) is 19.6. The van der Waals surface area contributed by atoms with Crippen LogP contribution in [0, 0.1) is 0 Å². The van der Waals surface area contributed by atoms with Gasteiger partial charge in [0.1, 0.15) is 11.5 Å². The minimum absolute atomic E-state index is 0.00838. The molecule has 2 fully saturated rings. The molecule has 14 rings (SSSR count). The Kier molecular flexibility index (Phi) is 9.04. The van der Waals surface area contributed by atoms with E-state index in [9.17, 15) is 0 Å². The van der Waals surface area contributed by atoms with Crippen LogP contribution in [-0.2, 0) is 16.2 Å². The SMILES string of the molecule is COc1cccc(N2c3ccc(-c4ccc5c(c4)C4(c6ccccc6-c6ccccc64)c4cc(-c6ccc7c(c6)C6(C)CCCCC6(C)N7c6cccc(OC)c6)ccc4-5)cc3C3(C)CCCCC23C)c1. The minimum Gasteiger partial charge on any atom is -0.497 e. The van der Waals surface area contributed by atoms with Crippen molar-refractivity contribution in [3.05, 3.63) is 203 Å². The summed E-state index contributed by atoms with van der Waals surface area (Å²) in [7, 11) is 3.54. The molecule has 0 aromatic heterocycles. The highest BCUT2D eigenvalue weighted by atomic mass is 16.5. The smallest absolute Gasteiger partial charge is 0.120 e. The average Bonchev–Trinajstić information content (AvgIpc) is 4.03. The molecule has 8 aromatic carbocycles. The van der Waals surface area contributed by atoms with Crippen molar-refractivity contribution in [2.24, 2.45) is 0 Å². The summed E-state index contributed by atoms with van der Waals surface area (Å²) in [5.74, 6) is 1.80. The summed E-state index contributed by atoms with van der Waals surface area (Å²) in [4.78, 5) is 5.30. The number of hydrogen-bond acceptors (Lipinski definition) is 4. The highest BCUT2D eigenvalue weighted by Gasteiger charge is 2.59. The molecule has 352 valence electrons. The van der Waals surface area contributed by atoms with Crippen molar-refractivity contribution >= 4 is 22.7 Å². The van der Waals surface area contributed by atoms with Gasteiger partial charge >= 0.3 is 0 Å². The maximum Gasteiger partial charge on any atom is 0.120 e. The number of rotatable bonds is 6. The standard InChI is InChI=1S/C67H62N2O2/c1-63-33-11-13-35-65(63,3)68(47-17-15-19-49(41-47)70-5)61-31-27-45(39-59(61)63)43-25-29-53-54-30-26-44(38-58(54)67(57(53)37-43)55-23-9-7-21-51(55)52-22-8-10-24-56(52)67)46-28-32-62-60(40-46)64(2)34-12-14-36-66(64,4)69(62)48-18-16-20-50(42-48)71-6/h7-10,15-32,37-42H,11-14,33-36H2,1-6H3. The van der Waals surface area contributed by atoms with E-state index in [0.29, 0.717) is 0 Å². The van der Waals surface area contributed by atoms with Gasteiger partial charge in [-0.3, -0.25) is 0 Å². The Morgan fingerprint density at radius 1 is 0.352 bits per heavy atom. The number of benzene rings is 8. The molecule has 6 aliphatic rings. The second kappa shape index (κ2) is 15.0. The van der Waals surface area contributed by atoms with Gasteiger partial charge in [-0.1, -0.05) is 137 Å². The lowest BCUT2D eigenvalue weighted by Crippen LogP contribution is -2.54. The molecule has 4 heteroatoms. The number of fused-ring (bicyclic) bond motifs is 16. The van der Waals surface area contributed by atoms with Crippen molar-refractivity contribution in [1.29, 1.82) is 0 Å². The van der Waals surface area contributed by atoms with E-state index in [4.69, 9.17) is 9.47 Å². The minimum atomic E-state index is -0.481. The molecule has 2 aliphatic heterocycles. The second-order valence-corrected chi connectivity index (χ2v) is 22.5. The molecule has 4 nitrogen and oxygen atoms in total. The van der Waals surface area contributed by atoms with E-state index in [-0.39, 0.29) is 21.9 Å². The van der Waals surface area contributed by atoms with E-state index < -0.39 is 5.41 Å². The van der Waals surface area contributed by atoms with Crippen LogP contribution in [0.1, 0.15) is 112 Å². The van der Waals surface area contributed by atoms with Crippen LogP contribution in [0.15, 0.2) is 170 Å².